The van der Waals surface area contributed by atoms with Gasteiger partial charge in [-0.3, -0.25) is 0 Å². The second kappa shape index (κ2) is 5.54. The average molecular weight is 302 g/mol. The van der Waals surface area contributed by atoms with Crippen LogP contribution in [-0.2, 0) is 6.18 Å². The highest BCUT2D eigenvalue weighted by atomic mass is 19.4. The maximum atomic E-state index is 12.8. The lowest BCUT2D eigenvalue weighted by atomic mass is 9.93. The molecule has 2 rings (SSSR count). The SMILES string of the molecule is CC1CCN(c2nc(C(F)(F)F)ccc2C(=O)O)C(C)C1. The van der Waals surface area contributed by atoms with Crippen molar-refractivity contribution in [3.63, 3.8) is 0 Å². The van der Waals surface area contributed by atoms with E-state index in [0.29, 0.717) is 18.5 Å². The smallest absolute Gasteiger partial charge is 0.433 e. The Hall–Kier alpha value is -1.79. The molecule has 0 amide bonds. The zero-order valence-electron chi connectivity index (χ0n) is 11.8. The van der Waals surface area contributed by atoms with Crippen LogP contribution < -0.4 is 4.90 Å². The molecule has 0 aliphatic carbocycles. The van der Waals surface area contributed by atoms with Gasteiger partial charge in [0.25, 0.3) is 0 Å². The van der Waals surface area contributed by atoms with Crippen molar-refractivity contribution < 1.29 is 23.1 Å². The largest absolute Gasteiger partial charge is 0.478 e. The third kappa shape index (κ3) is 3.28. The van der Waals surface area contributed by atoms with Gasteiger partial charge in [-0.25, -0.2) is 9.78 Å². The molecule has 1 N–H and O–H groups in total. The van der Waals surface area contributed by atoms with Gasteiger partial charge in [0.1, 0.15) is 17.1 Å². The van der Waals surface area contributed by atoms with Crippen LogP contribution in [0.5, 0.6) is 0 Å². The van der Waals surface area contributed by atoms with Gasteiger partial charge < -0.3 is 10.0 Å². The van der Waals surface area contributed by atoms with Crippen molar-refractivity contribution in [3.8, 4) is 0 Å². The molecule has 1 aliphatic heterocycles. The van der Waals surface area contributed by atoms with Gasteiger partial charge in [0.2, 0.25) is 0 Å². The third-order valence-electron chi connectivity index (χ3n) is 3.81. The molecule has 0 spiro atoms. The lowest BCUT2D eigenvalue weighted by molar-refractivity contribution is -0.141. The van der Waals surface area contributed by atoms with E-state index in [4.69, 9.17) is 0 Å². The van der Waals surface area contributed by atoms with E-state index < -0.39 is 17.8 Å². The van der Waals surface area contributed by atoms with Gasteiger partial charge in [-0.15, -0.1) is 0 Å². The number of aromatic nitrogens is 1. The molecule has 0 radical (unpaired) electrons. The first kappa shape index (κ1) is 15.6. The summed E-state index contributed by atoms with van der Waals surface area (Å²) in [5.74, 6) is -0.885. The Bertz CT molecular complexity index is 546. The predicted molar refractivity (Wildman–Crippen MR) is 71.4 cm³/mol. The van der Waals surface area contributed by atoms with E-state index >= 15 is 0 Å². The standard InChI is InChI=1S/C14H17F3N2O2/c1-8-5-6-19(9(2)7-8)12-10(13(20)21)3-4-11(18-12)14(15,16)17/h3-4,8-9H,5-7H2,1-2H3,(H,20,21). The van der Waals surface area contributed by atoms with Crippen LogP contribution in [0.3, 0.4) is 0 Å². The molecule has 21 heavy (non-hydrogen) atoms. The summed E-state index contributed by atoms with van der Waals surface area (Å²) in [6.07, 6.45) is -2.98. The van der Waals surface area contributed by atoms with E-state index in [0.717, 1.165) is 18.9 Å². The molecular weight excluding hydrogens is 285 g/mol. The van der Waals surface area contributed by atoms with Crippen LogP contribution in [0.2, 0.25) is 0 Å². The number of hydrogen-bond acceptors (Lipinski definition) is 3. The Balaban J connectivity index is 2.46. The molecule has 2 atom stereocenters. The third-order valence-corrected chi connectivity index (χ3v) is 3.81. The van der Waals surface area contributed by atoms with E-state index in [-0.39, 0.29) is 17.4 Å². The molecule has 0 saturated carbocycles. The molecule has 1 aromatic rings. The molecule has 1 saturated heterocycles. The lowest BCUT2D eigenvalue weighted by Gasteiger charge is -2.38. The zero-order valence-corrected chi connectivity index (χ0v) is 11.8. The van der Waals surface area contributed by atoms with Crippen LogP contribution in [0, 0.1) is 5.92 Å². The van der Waals surface area contributed by atoms with Crippen molar-refractivity contribution in [2.24, 2.45) is 5.92 Å². The lowest BCUT2D eigenvalue weighted by Crippen LogP contribution is -2.41. The Labute approximate surface area is 120 Å². The molecule has 0 bridgehead atoms. The molecular formula is C14H17F3N2O2. The summed E-state index contributed by atoms with van der Waals surface area (Å²) in [6.45, 7) is 4.46. The fourth-order valence-corrected chi connectivity index (χ4v) is 2.71. The van der Waals surface area contributed by atoms with Crippen LogP contribution in [-0.4, -0.2) is 28.6 Å². The number of nitrogens with zero attached hydrogens (tertiary/aromatic N) is 2. The first-order valence-corrected chi connectivity index (χ1v) is 6.78. The minimum absolute atomic E-state index is 0.0390. The maximum absolute atomic E-state index is 12.8. The van der Waals surface area contributed by atoms with Crippen LogP contribution in [0.4, 0.5) is 19.0 Å². The Kier molecular flexibility index (Phi) is 4.11. The highest BCUT2D eigenvalue weighted by Crippen LogP contribution is 2.33. The number of anilines is 1. The second-order valence-corrected chi connectivity index (χ2v) is 5.54. The van der Waals surface area contributed by atoms with Gasteiger partial charge in [-0.05, 0) is 37.8 Å². The second-order valence-electron chi connectivity index (χ2n) is 5.54. The molecule has 1 aliphatic rings. The van der Waals surface area contributed by atoms with Crippen LogP contribution in [0.25, 0.3) is 0 Å². The molecule has 7 heteroatoms. The van der Waals surface area contributed by atoms with Crippen LogP contribution >= 0.6 is 0 Å². The maximum Gasteiger partial charge on any atom is 0.433 e. The van der Waals surface area contributed by atoms with Gasteiger partial charge in [0.15, 0.2) is 0 Å². The van der Waals surface area contributed by atoms with Crippen LogP contribution in [0.1, 0.15) is 42.7 Å². The molecule has 0 aromatic carbocycles. The summed E-state index contributed by atoms with van der Waals surface area (Å²) < 4.78 is 38.4. The molecule has 1 aromatic heterocycles. The minimum atomic E-state index is -4.59. The number of alkyl halides is 3. The highest BCUT2D eigenvalue weighted by Gasteiger charge is 2.35. The van der Waals surface area contributed by atoms with Gasteiger partial charge in [0.05, 0.1) is 0 Å². The van der Waals surface area contributed by atoms with Crippen molar-refractivity contribution in [2.75, 3.05) is 11.4 Å². The highest BCUT2D eigenvalue weighted by molar-refractivity contribution is 5.93. The number of carboxylic acids is 1. The van der Waals surface area contributed by atoms with Gasteiger partial charge in [-0.2, -0.15) is 13.2 Å². The van der Waals surface area contributed by atoms with Crippen molar-refractivity contribution in [1.82, 2.24) is 4.98 Å². The van der Waals surface area contributed by atoms with E-state index in [2.05, 4.69) is 11.9 Å². The monoisotopic (exact) mass is 302 g/mol. The van der Waals surface area contributed by atoms with Gasteiger partial charge in [-0.1, -0.05) is 6.92 Å². The van der Waals surface area contributed by atoms with E-state index in [1.54, 1.807) is 4.90 Å². The number of pyridine rings is 1. The number of carbonyl (C=O) groups is 1. The van der Waals surface area contributed by atoms with E-state index in [1.165, 1.54) is 0 Å². The normalized spacial score (nSPS) is 23.2. The van der Waals surface area contributed by atoms with Crippen molar-refractivity contribution in [3.05, 3.63) is 23.4 Å². The Morgan fingerprint density at radius 1 is 1.38 bits per heavy atom. The van der Waals surface area contributed by atoms with E-state index in [1.807, 2.05) is 6.92 Å². The van der Waals surface area contributed by atoms with Crippen molar-refractivity contribution >= 4 is 11.8 Å². The molecule has 1 fully saturated rings. The van der Waals surface area contributed by atoms with Crippen molar-refractivity contribution in [1.29, 1.82) is 0 Å². The van der Waals surface area contributed by atoms with Crippen molar-refractivity contribution in [2.45, 2.75) is 38.9 Å². The fourth-order valence-electron chi connectivity index (χ4n) is 2.71. The first-order chi connectivity index (χ1) is 9.70. The summed E-state index contributed by atoms with van der Waals surface area (Å²) in [5, 5.41) is 9.18. The molecule has 4 nitrogen and oxygen atoms in total. The van der Waals surface area contributed by atoms with Gasteiger partial charge in [0, 0.05) is 12.6 Å². The number of carboxylic acid groups (broad SMARTS) is 1. The molecule has 2 unspecified atom stereocenters. The van der Waals surface area contributed by atoms with E-state index in [9.17, 15) is 23.1 Å². The van der Waals surface area contributed by atoms with Crippen LogP contribution in [0.15, 0.2) is 12.1 Å². The summed E-state index contributed by atoms with van der Waals surface area (Å²) >= 11 is 0. The number of rotatable bonds is 2. The number of hydrogen-bond donors (Lipinski definition) is 1. The minimum Gasteiger partial charge on any atom is -0.478 e. The average Bonchev–Trinajstić information content (AvgIpc) is 2.37. The predicted octanol–water partition coefficient (Wildman–Crippen LogP) is 3.42. The molecule has 2 heterocycles. The number of halogens is 3. The summed E-state index contributed by atoms with van der Waals surface area (Å²) in [4.78, 5) is 16.5. The molecule has 116 valence electrons. The summed E-state index contributed by atoms with van der Waals surface area (Å²) in [5.41, 5.74) is -1.25. The Morgan fingerprint density at radius 3 is 2.57 bits per heavy atom. The first-order valence-electron chi connectivity index (χ1n) is 6.78. The quantitative estimate of drug-likeness (QED) is 0.909. The fraction of sp³-hybridized carbons (Fsp3) is 0.571. The number of piperidine rings is 1. The topological polar surface area (TPSA) is 53.4 Å². The summed E-state index contributed by atoms with van der Waals surface area (Å²) in [6, 6.07) is 1.66. The Morgan fingerprint density at radius 2 is 2.05 bits per heavy atom. The summed E-state index contributed by atoms with van der Waals surface area (Å²) in [7, 11) is 0. The zero-order chi connectivity index (χ0) is 15.8. The van der Waals surface area contributed by atoms with Gasteiger partial charge >= 0.3 is 12.1 Å². The number of aromatic carboxylic acids is 1.